The van der Waals surface area contributed by atoms with E-state index in [9.17, 15) is 0 Å². The first-order valence-electron chi connectivity index (χ1n) is 9.30. The molecule has 0 radical (unpaired) electrons. The number of fused-ring (bicyclic) bond motifs is 1. The molecule has 0 fully saturated rings. The minimum absolute atomic E-state index is 0.0903. The fourth-order valence-electron chi connectivity index (χ4n) is 3.05. The van der Waals surface area contributed by atoms with Crippen LogP contribution in [0.5, 0.6) is 0 Å². The molecule has 4 rings (SSSR count). The minimum Gasteiger partial charge on any atom is -0.340 e. The number of hydrogen-bond donors (Lipinski definition) is 1. The van der Waals surface area contributed by atoms with Gasteiger partial charge in [0.1, 0.15) is 5.82 Å². The molecule has 2 aromatic heterocycles. The summed E-state index contributed by atoms with van der Waals surface area (Å²) in [4.78, 5) is 4.96. The van der Waals surface area contributed by atoms with Crippen LogP contribution in [0.25, 0.3) is 16.8 Å². The Labute approximate surface area is 170 Å². The van der Waals surface area contributed by atoms with Crippen LogP contribution in [-0.2, 0) is 5.41 Å². The lowest BCUT2D eigenvalue weighted by Gasteiger charge is -2.20. The predicted octanol–water partition coefficient (Wildman–Crippen LogP) is 6.40. The van der Waals surface area contributed by atoms with Crippen molar-refractivity contribution < 1.29 is 0 Å². The average Bonchev–Trinajstić information content (AvgIpc) is 3.08. The van der Waals surface area contributed by atoms with Crippen LogP contribution in [0.3, 0.4) is 0 Å². The molecule has 4 nitrogen and oxygen atoms in total. The van der Waals surface area contributed by atoms with E-state index in [1.807, 2.05) is 35.0 Å². The van der Waals surface area contributed by atoms with Crippen LogP contribution in [-0.4, -0.2) is 14.6 Å². The summed E-state index contributed by atoms with van der Waals surface area (Å²) in [5, 5.41) is 8.79. The highest BCUT2D eigenvalue weighted by Gasteiger charge is 2.20. The van der Waals surface area contributed by atoms with Gasteiger partial charge in [-0.3, -0.25) is 0 Å². The first kappa shape index (κ1) is 18.5. The van der Waals surface area contributed by atoms with Gasteiger partial charge in [0.2, 0.25) is 0 Å². The van der Waals surface area contributed by atoms with Crippen LogP contribution < -0.4 is 5.32 Å². The van der Waals surface area contributed by atoms with Crippen LogP contribution in [0.1, 0.15) is 32.0 Å². The molecule has 0 saturated heterocycles. The molecule has 2 aromatic carbocycles. The van der Waals surface area contributed by atoms with Gasteiger partial charge in [0.25, 0.3) is 0 Å². The molecular formula is C23H23ClN4. The summed E-state index contributed by atoms with van der Waals surface area (Å²) in [6.07, 6.45) is 1.88. The topological polar surface area (TPSA) is 42.2 Å². The summed E-state index contributed by atoms with van der Waals surface area (Å²) < 4.78 is 1.86. The third-order valence-electron chi connectivity index (χ3n) is 4.72. The van der Waals surface area contributed by atoms with E-state index in [0.717, 1.165) is 34.0 Å². The van der Waals surface area contributed by atoms with Crippen molar-refractivity contribution in [2.75, 3.05) is 5.32 Å². The minimum atomic E-state index is -0.0903. The van der Waals surface area contributed by atoms with Crippen LogP contribution >= 0.6 is 11.6 Å². The largest absolute Gasteiger partial charge is 0.340 e. The number of benzene rings is 2. The number of nitrogens with one attached hydrogen (secondary N) is 1. The zero-order valence-electron chi connectivity index (χ0n) is 16.5. The molecule has 1 N–H and O–H groups in total. The molecule has 5 heteroatoms. The molecule has 0 aliphatic heterocycles. The van der Waals surface area contributed by atoms with E-state index < -0.39 is 0 Å². The maximum absolute atomic E-state index is 6.02. The number of anilines is 2. The lowest BCUT2D eigenvalue weighted by atomic mass is 9.92. The van der Waals surface area contributed by atoms with Crippen molar-refractivity contribution in [1.29, 1.82) is 0 Å². The molecule has 0 bridgehead atoms. The van der Waals surface area contributed by atoms with Crippen molar-refractivity contribution in [3.05, 3.63) is 77.1 Å². The Morgan fingerprint density at radius 3 is 2.29 bits per heavy atom. The third-order valence-corrected chi connectivity index (χ3v) is 4.97. The Morgan fingerprint density at radius 2 is 1.64 bits per heavy atom. The van der Waals surface area contributed by atoms with E-state index in [2.05, 4.69) is 68.4 Å². The van der Waals surface area contributed by atoms with Gasteiger partial charge in [-0.2, -0.15) is 9.61 Å². The Balaban J connectivity index is 1.88. The average molecular weight is 391 g/mol. The van der Waals surface area contributed by atoms with Crippen LogP contribution in [0.15, 0.2) is 60.8 Å². The van der Waals surface area contributed by atoms with Crippen LogP contribution in [0, 0.1) is 6.92 Å². The van der Waals surface area contributed by atoms with Crippen LogP contribution in [0.4, 0.5) is 11.5 Å². The molecule has 0 spiro atoms. The van der Waals surface area contributed by atoms with Gasteiger partial charge in [-0.05, 0) is 36.8 Å². The van der Waals surface area contributed by atoms with Gasteiger partial charge in [-0.25, -0.2) is 4.98 Å². The molecule has 28 heavy (non-hydrogen) atoms. The number of aromatic nitrogens is 3. The van der Waals surface area contributed by atoms with Crippen molar-refractivity contribution in [2.24, 2.45) is 0 Å². The zero-order valence-corrected chi connectivity index (χ0v) is 17.2. The summed E-state index contributed by atoms with van der Waals surface area (Å²) in [5.74, 6) is 0.871. The highest BCUT2D eigenvalue weighted by molar-refractivity contribution is 6.30. The number of rotatable bonds is 3. The van der Waals surface area contributed by atoms with E-state index in [1.54, 1.807) is 0 Å². The van der Waals surface area contributed by atoms with E-state index in [-0.39, 0.29) is 5.41 Å². The lowest BCUT2D eigenvalue weighted by Crippen LogP contribution is -2.16. The fraction of sp³-hybridized carbons (Fsp3) is 0.217. The lowest BCUT2D eigenvalue weighted by molar-refractivity contribution is 0.569. The monoisotopic (exact) mass is 390 g/mol. The first-order valence-corrected chi connectivity index (χ1v) is 9.68. The SMILES string of the molecule is Cc1ccc(-c2cnn3c(Nc4ccc(Cl)cc4)cc(C(C)(C)C)nc23)cc1. The predicted molar refractivity (Wildman–Crippen MR) is 117 cm³/mol. The smallest absolute Gasteiger partial charge is 0.165 e. The molecule has 0 unspecified atom stereocenters. The van der Waals surface area contributed by atoms with Gasteiger partial charge in [0, 0.05) is 27.8 Å². The van der Waals surface area contributed by atoms with Gasteiger partial charge in [-0.15, -0.1) is 0 Å². The Hall–Kier alpha value is -2.85. The molecule has 4 aromatic rings. The van der Waals surface area contributed by atoms with Gasteiger partial charge < -0.3 is 5.32 Å². The highest BCUT2D eigenvalue weighted by Crippen LogP contribution is 2.31. The van der Waals surface area contributed by atoms with Crippen LogP contribution in [0.2, 0.25) is 5.02 Å². The second-order valence-corrected chi connectivity index (χ2v) is 8.50. The van der Waals surface area contributed by atoms with Gasteiger partial charge >= 0.3 is 0 Å². The second kappa shape index (κ2) is 6.95. The van der Waals surface area contributed by atoms with Gasteiger partial charge in [0.05, 0.1) is 11.9 Å². The summed E-state index contributed by atoms with van der Waals surface area (Å²) in [6, 6.07) is 18.2. The van der Waals surface area contributed by atoms with Crippen molar-refractivity contribution in [2.45, 2.75) is 33.1 Å². The fourth-order valence-corrected chi connectivity index (χ4v) is 3.18. The summed E-state index contributed by atoms with van der Waals surface area (Å²) >= 11 is 6.02. The maximum atomic E-state index is 6.02. The molecule has 0 atom stereocenters. The van der Waals surface area contributed by atoms with E-state index >= 15 is 0 Å². The number of aryl methyl sites for hydroxylation is 1. The molecular weight excluding hydrogens is 368 g/mol. The summed E-state index contributed by atoms with van der Waals surface area (Å²) in [6.45, 7) is 8.59. The van der Waals surface area contributed by atoms with Crippen molar-refractivity contribution in [3.63, 3.8) is 0 Å². The molecule has 142 valence electrons. The van der Waals surface area contributed by atoms with E-state index in [1.165, 1.54) is 5.56 Å². The van der Waals surface area contributed by atoms with E-state index in [0.29, 0.717) is 5.02 Å². The van der Waals surface area contributed by atoms with Gasteiger partial charge in [0.15, 0.2) is 5.65 Å². The normalized spacial score (nSPS) is 11.8. The molecule has 0 aliphatic rings. The zero-order chi connectivity index (χ0) is 19.9. The standard InChI is InChI=1S/C23H23ClN4/c1-15-5-7-16(8-6-15)19-14-25-28-21(26-18-11-9-17(24)10-12-18)13-20(23(2,3)4)27-22(19)28/h5-14,26H,1-4H3. The maximum Gasteiger partial charge on any atom is 0.165 e. The molecule has 0 saturated carbocycles. The number of hydrogen-bond acceptors (Lipinski definition) is 3. The Bertz CT molecular complexity index is 1120. The third kappa shape index (κ3) is 3.60. The van der Waals surface area contributed by atoms with Crippen molar-refractivity contribution in [1.82, 2.24) is 14.6 Å². The van der Waals surface area contributed by atoms with Crippen molar-refractivity contribution >= 4 is 28.8 Å². The first-order chi connectivity index (χ1) is 13.3. The summed E-state index contributed by atoms with van der Waals surface area (Å²) in [5.41, 5.74) is 6.06. The van der Waals surface area contributed by atoms with Crippen molar-refractivity contribution in [3.8, 4) is 11.1 Å². The quantitative estimate of drug-likeness (QED) is 0.440. The molecule has 0 aliphatic carbocycles. The summed E-state index contributed by atoms with van der Waals surface area (Å²) in [7, 11) is 0. The Kier molecular flexibility index (Phi) is 4.60. The molecule has 0 amide bonds. The second-order valence-electron chi connectivity index (χ2n) is 8.07. The molecule has 2 heterocycles. The Morgan fingerprint density at radius 1 is 0.964 bits per heavy atom. The highest BCUT2D eigenvalue weighted by atomic mass is 35.5. The number of nitrogens with zero attached hydrogens (tertiary/aromatic N) is 3. The van der Waals surface area contributed by atoms with Gasteiger partial charge in [-0.1, -0.05) is 62.2 Å². The van der Waals surface area contributed by atoms with E-state index in [4.69, 9.17) is 16.6 Å². The number of halogens is 1.